The van der Waals surface area contributed by atoms with Crippen molar-refractivity contribution in [1.82, 2.24) is 4.98 Å². The summed E-state index contributed by atoms with van der Waals surface area (Å²) in [6.45, 7) is 0. The normalized spacial score (nSPS) is 10.8. The first-order valence-corrected chi connectivity index (χ1v) is 8.32. The maximum atomic E-state index is 11.0. The molecule has 0 fully saturated rings. The van der Waals surface area contributed by atoms with Gasteiger partial charge >= 0.3 is 5.69 Å². The zero-order valence-corrected chi connectivity index (χ0v) is 14.4. The quantitative estimate of drug-likeness (QED) is 0.387. The number of anilines is 1. The number of methoxy groups -OCH3 is 1. The molecule has 2 N–H and O–H groups in total. The van der Waals surface area contributed by atoms with Crippen LogP contribution in [0.15, 0.2) is 52.9 Å². The summed E-state index contributed by atoms with van der Waals surface area (Å²) in [6, 6.07) is 12.4. The molecule has 0 aliphatic heterocycles. The second-order valence-electron chi connectivity index (χ2n) is 5.12. The molecule has 0 amide bonds. The molecule has 0 aliphatic carbocycles. The van der Waals surface area contributed by atoms with Crippen LogP contribution in [0.25, 0.3) is 11.3 Å². The van der Waals surface area contributed by atoms with E-state index < -0.39 is 16.4 Å². The summed E-state index contributed by atoms with van der Waals surface area (Å²) < 4.78 is 4.95. The predicted octanol–water partition coefficient (Wildman–Crippen LogP) is 3.88. The number of aromatic hydroxyl groups is 1. The summed E-state index contributed by atoms with van der Waals surface area (Å²) in [5.74, 6) is -0.517. The molecule has 0 bridgehead atoms. The van der Waals surface area contributed by atoms with Crippen LogP contribution in [0.5, 0.6) is 11.5 Å². The number of phenols is 1. The fourth-order valence-corrected chi connectivity index (χ4v) is 2.88. The van der Waals surface area contributed by atoms with E-state index in [9.17, 15) is 15.2 Å². The number of hydrogen-bond donors (Lipinski definition) is 2. The highest BCUT2D eigenvalue weighted by Crippen LogP contribution is 2.36. The highest BCUT2D eigenvalue weighted by atomic mass is 32.1. The number of nitrogens with one attached hydrogen (secondary N) is 1. The highest BCUT2D eigenvalue weighted by molar-refractivity contribution is 7.14. The number of nitro benzene ring substituents is 1. The minimum Gasteiger partial charge on any atom is -0.500 e. The van der Waals surface area contributed by atoms with Crippen LogP contribution in [-0.4, -0.2) is 28.3 Å². The topological polar surface area (TPSA) is 110 Å². The summed E-state index contributed by atoms with van der Waals surface area (Å²) >= 11 is 1.39. The average molecular weight is 370 g/mol. The molecule has 26 heavy (non-hydrogen) atoms. The van der Waals surface area contributed by atoms with Gasteiger partial charge in [0.15, 0.2) is 5.75 Å². The number of hydrazone groups is 1. The second-order valence-corrected chi connectivity index (χ2v) is 5.98. The van der Waals surface area contributed by atoms with Crippen LogP contribution in [0.3, 0.4) is 0 Å². The SMILES string of the molecule is COc1cc(/C=N\Nc2nc(-c3ccccc3)cs2)cc([N+](=O)[O-])c1O. The van der Waals surface area contributed by atoms with Crippen molar-refractivity contribution in [2.75, 3.05) is 12.5 Å². The molecule has 132 valence electrons. The lowest BCUT2D eigenvalue weighted by atomic mass is 10.2. The number of aromatic nitrogens is 1. The summed E-state index contributed by atoms with van der Waals surface area (Å²) in [6.07, 6.45) is 1.39. The first-order valence-electron chi connectivity index (χ1n) is 7.44. The molecule has 0 spiro atoms. The Labute approximate surface area is 152 Å². The van der Waals surface area contributed by atoms with E-state index in [1.165, 1.54) is 36.8 Å². The third kappa shape index (κ3) is 3.78. The lowest BCUT2D eigenvalue weighted by Crippen LogP contribution is -1.96. The van der Waals surface area contributed by atoms with Gasteiger partial charge in [-0.25, -0.2) is 4.98 Å². The first kappa shape index (κ1) is 17.4. The fraction of sp³-hybridized carbons (Fsp3) is 0.0588. The van der Waals surface area contributed by atoms with Crippen molar-refractivity contribution in [2.24, 2.45) is 5.10 Å². The van der Waals surface area contributed by atoms with Gasteiger partial charge in [-0.15, -0.1) is 11.3 Å². The summed E-state index contributed by atoms with van der Waals surface area (Å²) in [5, 5.41) is 27.3. The van der Waals surface area contributed by atoms with Crippen molar-refractivity contribution in [1.29, 1.82) is 0 Å². The van der Waals surface area contributed by atoms with Crippen LogP contribution >= 0.6 is 11.3 Å². The average Bonchev–Trinajstić information content (AvgIpc) is 3.12. The first-order chi connectivity index (χ1) is 12.6. The van der Waals surface area contributed by atoms with Gasteiger partial charge in [0.1, 0.15) is 0 Å². The van der Waals surface area contributed by atoms with E-state index in [1.807, 2.05) is 35.7 Å². The number of benzene rings is 2. The maximum Gasteiger partial charge on any atom is 0.315 e. The van der Waals surface area contributed by atoms with Gasteiger partial charge in [-0.3, -0.25) is 15.5 Å². The van der Waals surface area contributed by atoms with Crippen molar-refractivity contribution < 1.29 is 14.8 Å². The third-order valence-electron chi connectivity index (χ3n) is 3.44. The van der Waals surface area contributed by atoms with Crippen molar-refractivity contribution in [3.63, 3.8) is 0 Å². The van der Waals surface area contributed by atoms with E-state index in [2.05, 4.69) is 15.5 Å². The second kappa shape index (κ2) is 7.62. The molecule has 8 nitrogen and oxygen atoms in total. The Hall–Kier alpha value is -3.46. The number of nitro groups is 1. The molecular formula is C17H14N4O4S. The van der Waals surface area contributed by atoms with Gasteiger partial charge in [0.2, 0.25) is 10.9 Å². The van der Waals surface area contributed by atoms with Gasteiger partial charge in [-0.1, -0.05) is 30.3 Å². The predicted molar refractivity (Wildman–Crippen MR) is 100 cm³/mol. The Morgan fingerprint density at radius 1 is 1.35 bits per heavy atom. The molecule has 2 aromatic carbocycles. The lowest BCUT2D eigenvalue weighted by molar-refractivity contribution is -0.386. The Kier molecular flexibility index (Phi) is 5.09. The van der Waals surface area contributed by atoms with Gasteiger partial charge in [-0.2, -0.15) is 5.10 Å². The monoisotopic (exact) mass is 370 g/mol. The van der Waals surface area contributed by atoms with Gasteiger partial charge in [0.25, 0.3) is 0 Å². The van der Waals surface area contributed by atoms with E-state index in [0.29, 0.717) is 10.7 Å². The van der Waals surface area contributed by atoms with Crippen LogP contribution in [0.1, 0.15) is 5.56 Å². The molecule has 9 heteroatoms. The number of phenolic OH excluding ortho intramolecular Hbond substituents is 1. The van der Waals surface area contributed by atoms with Crippen molar-refractivity contribution in [2.45, 2.75) is 0 Å². The van der Waals surface area contributed by atoms with Gasteiger partial charge in [-0.05, 0) is 6.07 Å². The van der Waals surface area contributed by atoms with E-state index in [4.69, 9.17) is 4.74 Å². The van der Waals surface area contributed by atoms with Gasteiger partial charge in [0, 0.05) is 22.6 Å². The van der Waals surface area contributed by atoms with Gasteiger partial charge < -0.3 is 9.84 Å². The molecule has 0 saturated carbocycles. The Morgan fingerprint density at radius 3 is 2.81 bits per heavy atom. The number of hydrogen-bond acceptors (Lipinski definition) is 8. The molecule has 1 aromatic heterocycles. The number of rotatable bonds is 6. The standard InChI is InChI=1S/C17H14N4O4S/c1-25-15-8-11(7-14(16(15)22)21(23)24)9-18-20-17-19-13(10-26-17)12-5-3-2-4-6-12/h2-10,22H,1H3,(H,19,20)/b18-9-. The lowest BCUT2D eigenvalue weighted by Gasteiger charge is -2.04. The minimum absolute atomic E-state index is 0.00117. The van der Waals surface area contributed by atoms with E-state index in [1.54, 1.807) is 0 Å². The van der Waals surface area contributed by atoms with E-state index >= 15 is 0 Å². The van der Waals surface area contributed by atoms with Crippen LogP contribution < -0.4 is 10.2 Å². The molecular weight excluding hydrogens is 356 g/mol. The molecule has 0 radical (unpaired) electrons. The highest BCUT2D eigenvalue weighted by Gasteiger charge is 2.19. The Bertz CT molecular complexity index is 957. The molecule has 3 aromatic rings. The van der Waals surface area contributed by atoms with Crippen LogP contribution in [0, 0.1) is 10.1 Å². The molecule has 1 heterocycles. The van der Waals surface area contributed by atoms with Gasteiger partial charge in [0.05, 0.1) is 23.9 Å². The van der Waals surface area contributed by atoms with Crippen molar-refractivity contribution in [3.8, 4) is 22.8 Å². The largest absolute Gasteiger partial charge is 0.500 e. The maximum absolute atomic E-state index is 11.0. The fourth-order valence-electron chi connectivity index (χ4n) is 2.21. The minimum atomic E-state index is -0.685. The number of nitrogens with zero attached hydrogens (tertiary/aromatic N) is 3. The van der Waals surface area contributed by atoms with Crippen molar-refractivity contribution in [3.05, 3.63) is 63.5 Å². The molecule has 0 unspecified atom stereocenters. The molecule has 0 saturated heterocycles. The zero-order chi connectivity index (χ0) is 18.5. The summed E-state index contributed by atoms with van der Waals surface area (Å²) in [7, 11) is 1.32. The van der Waals surface area contributed by atoms with Crippen molar-refractivity contribution >= 4 is 28.4 Å². The van der Waals surface area contributed by atoms with E-state index in [-0.39, 0.29) is 5.75 Å². The summed E-state index contributed by atoms with van der Waals surface area (Å²) in [4.78, 5) is 14.7. The summed E-state index contributed by atoms with van der Waals surface area (Å²) in [5.41, 5.74) is 4.57. The smallest absolute Gasteiger partial charge is 0.315 e. The van der Waals surface area contributed by atoms with Crippen LogP contribution in [0.4, 0.5) is 10.8 Å². The Balaban J connectivity index is 1.76. The van der Waals surface area contributed by atoms with Crippen LogP contribution in [0.2, 0.25) is 0 Å². The van der Waals surface area contributed by atoms with Crippen LogP contribution in [-0.2, 0) is 0 Å². The zero-order valence-electron chi connectivity index (χ0n) is 13.6. The van der Waals surface area contributed by atoms with E-state index in [0.717, 1.165) is 11.3 Å². The molecule has 0 aliphatic rings. The Morgan fingerprint density at radius 2 is 2.12 bits per heavy atom. The molecule has 0 atom stereocenters. The third-order valence-corrected chi connectivity index (χ3v) is 4.19. The number of thiazole rings is 1. The molecule has 3 rings (SSSR count). The number of ether oxygens (including phenoxy) is 1.